The summed E-state index contributed by atoms with van der Waals surface area (Å²) >= 11 is 6.40. The van der Waals surface area contributed by atoms with Gasteiger partial charge in [-0.25, -0.2) is 9.37 Å². The average Bonchev–Trinajstić information content (AvgIpc) is 2.26. The molecule has 17 heavy (non-hydrogen) atoms. The second-order valence-electron chi connectivity index (χ2n) is 3.20. The molecule has 0 spiro atoms. The fourth-order valence-corrected chi connectivity index (χ4v) is 1.97. The number of nitrogen functional groups attached to an aromatic ring is 1. The van der Waals surface area contributed by atoms with Gasteiger partial charge in [-0.1, -0.05) is 6.07 Å². The molecule has 1 heterocycles. The maximum atomic E-state index is 13.5. The summed E-state index contributed by atoms with van der Waals surface area (Å²) in [4.78, 5) is 3.83. The van der Waals surface area contributed by atoms with E-state index in [1.807, 2.05) is 0 Å². The van der Waals surface area contributed by atoms with Crippen molar-refractivity contribution in [3.8, 4) is 11.6 Å². The van der Waals surface area contributed by atoms with Crippen LogP contribution >= 0.6 is 31.9 Å². The number of para-hydroxylation sites is 1. The molecule has 0 unspecified atom stereocenters. The Morgan fingerprint density at radius 1 is 1.29 bits per heavy atom. The molecule has 0 amide bonds. The average molecular weight is 362 g/mol. The molecule has 2 rings (SSSR count). The molecule has 1 aromatic carbocycles. The molecule has 0 saturated carbocycles. The van der Waals surface area contributed by atoms with Crippen LogP contribution in [0.3, 0.4) is 0 Å². The number of halogens is 3. The van der Waals surface area contributed by atoms with Gasteiger partial charge in [-0.05, 0) is 50.1 Å². The molecule has 3 nitrogen and oxygen atoms in total. The van der Waals surface area contributed by atoms with Crippen molar-refractivity contribution < 1.29 is 9.13 Å². The Kier molecular flexibility index (Phi) is 3.63. The molecule has 0 bridgehead atoms. The van der Waals surface area contributed by atoms with Crippen molar-refractivity contribution >= 4 is 37.5 Å². The molecule has 0 aliphatic rings. The van der Waals surface area contributed by atoms with E-state index in [0.29, 0.717) is 20.4 Å². The summed E-state index contributed by atoms with van der Waals surface area (Å²) < 4.78 is 20.1. The number of rotatable bonds is 2. The molecular formula is C11H7Br2FN2O. The lowest BCUT2D eigenvalue weighted by Gasteiger charge is -2.09. The highest BCUT2D eigenvalue weighted by Crippen LogP contribution is 2.35. The minimum atomic E-state index is -0.561. The number of benzene rings is 1. The van der Waals surface area contributed by atoms with Crippen molar-refractivity contribution in [2.75, 3.05) is 5.73 Å². The summed E-state index contributed by atoms with van der Waals surface area (Å²) in [5, 5.41) is 0. The van der Waals surface area contributed by atoms with Crippen LogP contribution < -0.4 is 10.5 Å². The van der Waals surface area contributed by atoms with E-state index in [9.17, 15) is 4.39 Å². The largest absolute Gasteiger partial charge is 0.433 e. The molecule has 6 heteroatoms. The number of aromatic nitrogens is 1. The van der Waals surface area contributed by atoms with Crippen LogP contribution in [0.5, 0.6) is 11.6 Å². The normalized spacial score (nSPS) is 10.3. The van der Waals surface area contributed by atoms with Crippen LogP contribution in [0.1, 0.15) is 0 Å². The monoisotopic (exact) mass is 360 g/mol. The van der Waals surface area contributed by atoms with Crippen molar-refractivity contribution in [3.63, 3.8) is 0 Å². The standard InChI is InChI=1S/C11H7Br2FN2O/c12-6-4-8(14)11(16-5-6)17-10-7(13)2-1-3-9(10)15/h1-5H,15H2. The zero-order valence-corrected chi connectivity index (χ0v) is 11.6. The fraction of sp³-hybridized carbons (Fsp3) is 0. The predicted molar refractivity (Wildman–Crippen MR) is 70.5 cm³/mol. The van der Waals surface area contributed by atoms with Gasteiger partial charge in [0, 0.05) is 10.7 Å². The van der Waals surface area contributed by atoms with E-state index in [-0.39, 0.29) is 5.88 Å². The third-order valence-corrected chi connectivity index (χ3v) is 3.03. The van der Waals surface area contributed by atoms with Crippen LogP contribution in [0.4, 0.5) is 10.1 Å². The summed E-state index contributed by atoms with van der Waals surface area (Å²) in [5.74, 6) is -0.331. The Labute approximate surface area is 114 Å². The van der Waals surface area contributed by atoms with Gasteiger partial charge >= 0.3 is 0 Å². The van der Waals surface area contributed by atoms with Gasteiger partial charge in [-0.3, -0.25) is 0 Å². The van der Waals surface area contributed by atoms with Gasteiger partial charge in [0.15, 0.2) is 11.6 Å². The first-order chi connectivity index (χ1) is 8.08. The lowest BCUT2D eigenvalue weighted by atomic mass is 10.3. The highest BCUT2D eigenvalue weighted by Gasteiger charge is 2.11. The van der Waals surface area contributed by atoms with Crippen LogP contribution in [0.25, 0.3) is 0 Å². The summed E-state index contributed by atoms with van der Waals surface area (Å²) in [6, 6.07) is 6.45. The maximum Gasteiger partial charge on any atom is 0.256 e. The van der Waals surface area contributed by atoms with E-state index in [1.165, 1.54) is 12.3 Å². The van der Waals surface area contributed by atoms with E-state index in [4.69, 9.17) is 10.5 Å². The van der Waals surface area contributed by atoms with E-state index >= 15 is 0 Å². The maximum absolute atomic E-state index is 13.5. The molecule has 88 valence electrons. The Morgan fingerprint density at radius 2 is 2.06 bits per heavy atom. The number of nitrogens with zero attached hydrogens (tertiary/aromatic N) is 1. The van der Waals surface area contributed by atoms with Gasteiger partial charge in [0.25, 0.3) is 5.88 Å². The topological polar surface area (TPSA) is 48.1 Å². The third kappa shape index (κ3) is 2.76. The summed E-state index contributed by atoms with van der Waals surface area (Å²) in [6.45, 7) is 0. The Morgan fingerprint density at radius 3 is 2.71 bits per heavy atom. The summed E-state index contributed by atoms with van der Waals surface area (Å²) in [7, 11) is 0. The molecule has 0 atom stereocenters. The second-order valence-corrected chi connectivity index (χ2v) is 4.97. The van der Waals surface area contributed by atoms with Gasteiger partial charge in [0.1, 0.15) is 0 Å². The second kappa shape index (κ2) is 5.01. The molecule has 1 aromatic heterocycles. The van der Waals surface area contributed by atoms with E-state index in [0.717, 1.165) is 0 Å². The first-order valence-electron chi connectivity index (χ1n) is 4.61. The number of pyridine rings is 1. The molecular weight excluding hydrogens is 355 g/mol. The highest BCUT2D eigenvalue weighted by atomic mass is 79.9. The van der Waals surface area contributed by atoms with E-state index in [1.54, 1.807) is 18.2 Å². The zero-order valence-electron chi connectivity index (χ0n) is 8.45. The van der Waals surface area contributed by atoms with Crippen molar-refractivity contribution in [3.05, 3.63) is 45.2 Å². The van der Waals surface area contributed by atoms with Gasteiger partial charge in [-0.15, -0.1) is 0 Å². The molecule has 0 fully saturated rings. The number of hydrogen-bond donors (Lipinski definition) is 1. The lowest BCUT2D eigenvalue weighted by molar-refractivity contribution is 0.422. The Balaban J connectivity index is 2.38. The molecule has 0 radical (unpaired) electrons. The van der Waals surface area contributed by atoms with Crippen LogP contribution in [0.2, 0.25) is 0 Å². The molecule has 0 aliphatic heterocycles. The number of hydrogen-bond acceptors (Lipinski definition) is 3. The van der Waals surface area contributed by atoms with Crippen molar-refractivity contribution in [2.45, 2.75) is 0 Å². The molecule has 0 aliphatic carbocycles. The Bertz CT molecular complexity index is 543. The van der Waals surface area contributed by atoms with Gasteiger partial charge in [0.05, 0.1) is 10.2 Å². The lowest BCUT2D eigenvalue weighted by Crippen LogP contribution is -1.96. The summed E-state index contributed by atoms with van der Waals surface area (Å²) in [5.41, 5.74) is 6.14. The predicted octanol–water partition coefficient (Wildman–Crippen LogP) is 4.12. The van der Waals surface area contributed by atoms with Gasteiger partial charge in [-0.2, -0.15) is 0 Å². The first kappa shape index (κ1) is 12.3. The first-order valence-corrected chi connectivity index (χ1v) is 6.19. The number of anilines is 1. The van der Waals surface area contributed by atoms with Crippen molar-refractivity contribution in [1.29, 1.82) is 0 Å². The van der Waals surface area contributed by atoms with Crippen molar-refractivity contribution in [2.24, 2.45) is 0 Å². The fourth-order valence-electron chi connectivity index (χ4n) is 1.21. The number of nitrogens with two attached hydrogens (primary N) is 1. The third-order valence-electron chi connectivity index (χ3n) is 1.97. The molecule has 0 saturated heterocycles. The van der Waals surface area contributed by atoms with Crippen molar-refractivity contribution in [1.82, 2.24) is 4.98 Å². The quantitative estimate of drug-likeness (QED) is 0.818. The van der Waals surface area contributed by atoms with Crippen LogP contribution in [-0.4, -0.2) is 4.98 Å². The highest BCUT2D eigenvalue weighted by molar-refractivity contribution is 9.10. The minimum Gasteiger partial charge on any atom is -0.433 e. The van der Waals surface area contributed by atoms with Gasteiger partial charge in [0.2, 0.25) is 0 Å². The van der Waals surface area contributed by atoms with Crippen LogP contribution in [-0.2, 0) is 0 Å². The summed E-state index contributed by atoms with van der Waals surface area (Å²) in [6.07, 6.45) is 1.45. The van der Waals surface area contributed by atoms with E-state index in [2.05, 4.69) is 36.8 Å². The SMILES string of the molecule is Nc1cccc(Br)c1Oc1ncc(Br)cc1F. The van der Waals surface area contributed by atoms with E-state index < -0.39 is 5.82 Å². The molecule has 2 aromatic rings. The Hall–Kier alpha value is -1.14. The van der Waals surface area contributed by atoms with Crippen LogP contribution in [0, 0.1) is 5.82 Å². The molecule has 2 N–H and O–H groups in total. The minimum absolute atomic E-state index is 0.119. The zero-order chi connectivity index (χ0) is 12.4. The van der Waals surface area contributed by atoms with Crippen LogP contribution in [0.15, 0.2) is 39.4 Å². The smallest absolute Gasteiger partial charge is 0.256 e. The van der Waals surface area contributed by atoms with Gasteiger partial charge < -0.3 is 10.5 Å². The number of ether oxygens (including phenoxy) is 1.